The maximum atomic E-state index is 12.3. The van der Waals surface area contributed by atoms with Gasteiger partial charge in [-0.1, -0.05) is 60.7 Å². The van der Waals surface area contributed by atoms with Crippen LogP contribution in [0.3, 0.4) is 0 Å². The zero-order valence-electron chi connectivity index (χ0n) is 18.2. The number of carbonyl (C=O) groups excluding carboxylic acids is 1. The molecule has 0 bridgehead atoms. The fourth-order valence-corrected chi connectivity index (χ4v) is 3.87. The Labute approximate surface area is 183 Å². The molecule has 7 nitrogen and oxygen atoms in total. The van der Waals surface area contributed by atoms with Gasteiger partial charge in [0.05, 0.1) is 38.4 Å². The molecule has 1 aliphatic rings. The maximum absolute atomic E-state index is 12.3. The lowest BCUT2D eigenvalue weighted by molar-refractivity contribution is -0.291. The van der Waals surface area contributed by atoms with Crippen LogP contribution in [-0.4, -0.2) is 50.8 Å². The molecule has 0 aliphatic carbocycles. The Morgan fingerprint density at radius 3 is 1.94 bits per heavy atom. The van der Waals surface area contributed by atoms with E-state index in [1.54, 1.807) is 0 Å². The van der Waals surface area contributed by atoms with Crippen molar-refractivity contribution in [2.24, 2.45) is 11.7 Å². The first-order valence-corrected chi connectivity index (χ1v) is 10.4. The van der Waals surface area contributed by atoms with E-state index in [1.165, 1.54) is 14.2 Å². The summed E-state index contributed by atoms with van der Waals surface area (Å²) in [7, 11) is 2.83. The van der Waals surface area contributed by atoms with Gasteiger partial charge >= 0.3 is 5.97 Å². The number of esters is 1. The van der Waals surface area contributed by atoms with Crippen LogP contribution in [0.1, 0.15) is 18.1 Å². The van der Waals surface area contributed by atoms with E-state index in [9.17, 15) is 4.79 Å². The Hall–Kier alpha value is -2.29. The smallest absolute Gasteiger partial charge is 0.323 e. The largest absolute Gasteiger partial charge is 0.468 e. The lowest BCUT2D eigenvalue weighted by atomic mass is 9.85. The van der Waals surface area contributed by atoms with Gasteiger partial charge in [-0.05, 0) is 18.1 Å². The minimum absolute atomic E-state index is 0.337. The molecular weight excluding hydrogens is 398 g/mol. The summed E-state index contributed by atoms with van der Waals surface area (Å²) in [4.78, 5) is 12.3. The third-order valence-corrected chi connectivity index (χ3v) is 5.52. The average molecular weight is 430 g/mol. The van der Waals surface area contributed by atoms with Crippen LogP contribution in [0.25, 0.3) is 0 Å². The number of hydrogen-bond acceptors (Lipinski definition) is 7. The van der Waals surface area contributed by atoms with Crippen molar-refractivity contribution < 1.29 is 28.5 Å². The van der Waals surface area contributed by atoms with Crippen molar-refractivity contribution in [2.75, 3.05) is 14.2 Å². The first-order valence-electron chi connectivity index (χ1n) is 10.4. The highest BCUT2D eigenvalue weighted by atomic mass is 16.7. The van der Waals surface area contributed by atoms with Gasteiger partial charge in [0.15, 0.2) is 6.29 Å². The molecule has 0 aromatic heterocycles. The van der Waals surface area contributed by atoms with Gasteiger partial charge in [0, 0.05) is 7.11 Å². The monoisotopic (exact) mass is 429 g/mol. The normalized spacial score (nSPS) is 26.9. The summed E-state index contributed by atoms with van der Waals surface area (Å²) in [5.74, 6) is -1.17. The Kier molecular flexibility index (Phi) is 8.57. The fourth-order valence-electron chi connectivity index (χ4n) is 3.87. The zero-order chi connectivity index (χ0) is 22.2. The molecule has 0 saturated carbocycles. The van der Waals surface area contributed by atoms with Crippen LogP contribution in [-0.2, 0) is 41.7 Å². The summed E-state index contributed by atoms with van der Waals surface area (Å²) in [6.07, 6.45) is -2.08. The molecule has 1 fully saturated rings. The fraction of sp³-hybridized carbons (Fsp3) is 0.458. The van der Waals surface area contributed by atoms with Crippen molar-refractivity contribution in [1.29, 1.82) is 0 Å². The summed E-state index contributed by atoms with van der Waals surface area (Å²) >= 11 is 0. The van der Waals surface area contributed by atoms with Crippen molar-refractivity contribution in [2.45, 2.75) is 50.8 Å². The average Bonchev–Trinajstić information content (AvgIpc) is 2.81. The van der Waals surface area contributed by atoms with E-state index in [2.05, 4.69) is 0 Å². The molecule has 0 unspecified atom stereocenters. The van der Waals surface area contributed by atoms with Crippen molar-refractivity contribution in [3.05, 3.63) is 71.8 Å². The number of methoxy groups -OCH3 is 2. The highest BCUT2D eigenvalue weighted by molar-refractivity contribution is 5.76. The van der Waals surface area contributed by atoms with Crippen LogP contribution < -0.4 is 5.73 Å². The van der Waals surface area contributed by atoms with Gasteiger partial charge in [0.1, 0.15) is 12.1 Å². The number of nitrogens with two attached hydrogens (primary N) is 1. The molecular formula is C24H31NO6. The summed E-state index contributed by atoms with van der Waals surface area (Å²) in [6.45, 7) is 2.62. The van der Waals surface area contributed by atoms with Crippen LogP contribution in [0, 0.1) is 5.92 Å². The first kappa shape index (κ1) is 23.4. The first-order chi connectivity index (χ1) is 15.0. The second-order valence-corrected chi connectivity index (χ2v) is 7.59. The molecule has 2 N–H and O–H groups in total. The van der Waals surface area contributed by atoms with Crippen LogP contribution in [0.5, 0.6) is 0 Å². The van der Waals surface area contributed by atoms with Gasteiger partial charge in [-0.3, -0.25) is 4.79 Å². The van der Waals surface area contributed by atoms with E-state index in [1.807, 2.05) is 67.6 Å². The highest BCUT2D eigenvalue weighted by Crippen LogP contribution is 2.34. The molecule has 31 heavy (non-hydrogen) atoms. The van der Waals surface area contributed by atoms with E-state index < -0.39 is 36.4 Å². The number of carbonyl (C=O) groups is 1. The number of ether oxygens (including phenoxy) is 5. The quantitative estimate of drug-likeness (QED) is 0.613. The molecule has 2 aromatic rings. The van der Waals surface area contributed by atoms with Gasteiger partial charge in [0.25, 0.3) is 0 Å². The Morgan fingerprint density at radius 2 is 1.45 bits per heavy atom. The number of hydrogen-bond donors (Lipinski definition) is 1. The Balaban J connectivity index is 1.85. The van der Waals surface area contributed by atoms with Crippen molar-refractivity contribution in [1.82, 2.24) is 0 Å². The minimum Gasteiger partial charge on any atom is -0.468 e. The third kappa shape index (κ3) is 5.90. The Morgan fingerprint density at radius 1 is 0.935 bits per heavy atom. The molecule has 168 valence electrons. The molecule has 3 rings (SSSR count). The van der Waals surface area contributed by atoms with Crippen LogP contribution in [0.2, 0.25) is 0 Å². The predicted octanol–water partition coefficient (Wildman–Crippen LogP) is 2.66. The second kappa shape index (κ2) is 11.4. The van der Waals surface area contributed by atoms with Crippen molar-refractivity contribution >= 4 is 5.97 Å². The SMILES string of the molecule is COC(=O)[C@H](N)[C@@H]1[C@@H](OC)O[C@@H](C)[C@H](OCc2ccccc2)[C@H]1OCc1ccccc1. The van der Waals surface area contributed by atoms with Crippen molar-refractivity contribution in [3.8, 4) is 0 Å². The third-order valence-electron chi connectivity index (χ3n) is 5.52. The van der Waals surface area contributed by atoms with E-state index in [4.69, 9.17) is 29.4 Å². The molecule has 1 saturated heterocycles. The van der Waals surface area contributed by atoms with Gasteiger partial charge in [0.2, 0.25) is 0 Å². The molecule has 1 heterocycles. The standard InChI is InChI=1S/C24H31NO6/c1-16-21(29-14-17-10-6-4-7-11-17)22(30-15-18-12-8-5-9-13-18)19(24(28-3)31-16)20(25)23(26)27-2/h4-13,16,19-22,24H,14-15,25H2,1-3H3/t16-,19-,20+,21-,22-,24-/m0/s1. The summed E-state index contributed by atoms with van der Waals surface area (Å²) in [5.41, 5.74) is 8.30. The molecule has 7 heteroatoms. The van der Waals surface area contributed by atoms with Crippen LogP contribution in [0.4, 0.5) is 0 Å². The molecule has 6 atom stereocenters. The Bertz CT molecular complexity index is 802. The number of benzene rings is 2. The maximum Gasteiger partial charge on any atom is 0.323 e. The summed E-state index contributed by atoms with van der Waals surface area (Å²) in [6, 6.07) is 18.7. The van der Waals surface area contributed by atoms with E-state index in [0.29, 0.717) is 13.2 Å². The van der Waals surface area contributed by atoms with Crippen LogP contribution in [0.15, 0.2) is 60.7 Å². The molecule has 0 amide bonds. The van der Waals surface area contributed by atoms with Gasteiger partial charge < -0.3 is 29.4 Å². The minimum atomic E-state index is -0.994. The topological polar surface area (TPSA) is 89.2 Å². The van der Waals surface area contributed by atoms with Gasteiger partial charge in [-0.15, -0.1) is 0 Å². The molecule has 0 spiro atoms. The lowest BCUT2D eigenvalue weighted by Gasteiger charge is -2.46. The zero-order valence-corrected chi connectivity index (χ0v) is 18.2. The van der Waals surface area contributed by atoms with Gasteiger partial charge in [-0.25, -0.2) is 0 Å². The van der Waals surface area contributed by atoms with Crippen molar-refractivity contribution in [3.63, 3.8) is 0 Å². The number of rotatable bonds is 9. The van der Waals surface area contributed by atoms with E-state index in [0.717, 1.165) is 11.1 Å². The molecule has 1 aliphatic heterocycles. The molecule has 0 radical (unpaired) electrons. The summed E-state index contributed by atoms with van der Waals surface area (Å²) < 4.78 is 29.0. The summed E-state index contributed by atoms with van der Waals surface area (Å²) in [5, 5.41) is 0. The predicted molar refractivity (Wildman–Crippen MR) is 115 cm³/mol. The second-order valence-electron chi connectivity index (χ2n) is 7.59. The highest BCUT2D eigenvalue weighted by Gasteiger charge is 2.50. The lowest BCUT2D eigenvalue weighted by Crippen LogP contribution is -2.62. The van der Waals surface area contributed by atoms with E-state index in [-0.39, 0.29) is 6.10 Å². The molecule has 2 aromatic carbocycles. The van der Waals surface area contributed by atoms with Crippen LogP contribution >= 0.6 is 0 Å². The van der Waals surface area contributed by atoms with E-state index >= 15 is 0 Å². The van der Waals surface area contributed by atoms with Gasteiger partial charge in [-0.2, -0.15) is 0 Å².